The van der Waals surface area contributed by atoms with E-state index in [1.165, 1.54) is 38.5 Å². The zero-order valence-corrected chi connectivity index (χ0v) is 19.1. The lowest BCUT2D eigenvalue weighted by Gasteiger charge is -2.44. The van der Waals surface area contributed by atoms with Gasteiger partial charge in [-0.05, 0) is 5.04 Å². The highest BCUT2D eigenvalue weighted by Gasteiger charge is 2.44. The van der Waals surface area contributed by atoms with Crippen LogP contribution in [0.2, 0.25) is 49.4 Å². The van der Waals surface area contributed by atoms with Gasteiger partial charge in [0.25, 0.3) is 0 Å². The fourth-order valence-electron chi connectivity index (χ4n) is 4.44. The van der Waals surface area contributed by atoms with Crippen LogP contribution in [0.5, 0.6) is 0 Å². The molecular formula is C20H39BSi2. The molecule has 2 rings (SSSR count). The van der Waals surface area contributed by atoms with Gasteiger partial charge in [-0.15, -0.1) is 5.73 Å². The largest absolute Gasteiger partial charge is 0.181 e. The Morgan fingerprint density at radius 3 is 1.70 bits per heavy atom. The Morgan fingerprint density at radius 1 is 0.913 bits per heavy atom. The molecule has 0 unspecified atom stereocenters. The van der Waals surface area contributed by atoms with Gasteiger partial charge in [0.05, 0.1) is 16.1 Å². The van der Waals surface area contributed by atoms with Gasteiger partial charge >= 0.3 is 0 Å². The van der Waals surface area contributed by atoms with E-state index in [1.807, 2.05) is 0 Å². The highest BCUT2D eigenvalue weighted by molar-refractivity contribution is 6.99. The molecule has 2 aliphatic rings. The van der Waals surface area contributed by atoms with Crippen molar-refractivity contribution in [2.45, 2.75) is 109 Å². The van der Waals surface area contributed by atoms with Crippen LogP contribution in [0, 0.1) is 0 Å². The smallest absolute Gasteiger partial charge is 0.144 e. The molecule has 0 aromatic rings. The van der Waals surface area contributed by atoms with E-state index in [0.29, 0.717) is 5.04 Å². The maximum atomic E-state index is 4.02. The van der Waals surface area contributed by atoms with Gasteiger partial charge in [0, 0.05) is 0 Å². The molecule has 0 aliphatic carbocycles. The third-order valence-corrected chi connectivity index (χ3v) is 13.8. The summed E-state index contributed by atoms with van der Waals surface area (Å²) < 4.78 is 0. The van der Waals surface area contributed by atoms with Crippen molar-refractivity contribution >= 4 is 22.9 Å². The minimum Gasteiger partial charge on any atom is -0.144 e. The fourth-order valence-corrected chi connectivity index (χ4v) is 7.51. The molecule has 2 bridgehead atoms. The van der Waals surface area contributed by atoms with E-state index in [0.717, 1.165) is 18.3 Å². The Labute approximate surface area is 148 Å². The topological polar surface area (TPSA) is 0 Å². The number of hydrogen-bond donors (Lipinski definition) is 0. The summed E-state index contributed by atoms with van der Waals surface area (Å²) in [7, 11) is -2.68. The summed E-state index contributed by atoms with van der Waals surface area (Å²) in [5.41, 5.74) is 6.59. The van der Waals surface area contributed by atoms with Gasteiger partial charge in [-0.25, -0.2) is 0 Å². The second kappa shape index (κ2) is 6.73. The zero-order chi connectivity index (χ0) is 17.5. The summed E-state index contributed by atoms with van der Waals surface area (Å²) in [6, 6.07) is 0. The Balaban J connectivity index is 2.44. The molecule has 0 radical (unpaired) electrons. The lowest BCUT2D eigenvalue weighted by atomic mass is 9.27. The third kappa shape index (κ3) is 4.35. The molecule has 0 N–H and O–H groups in total. The Bertz CT molecular complexity index is 465. The molecule has 0 nitrogen and oxygen atoms in total. The van der Waals surface area contributed by atoms with Gasteiger partial charge in [-0.3, -0.25) is 0 Å². The van der Waals surface area contributed by atoms with Crippen LogP contribution in [0.1, 0.15) is 59.3 Å². The molecular weight excluding hydrogens is 307 g/mol. The van der Waals surface area contributed by atoms with Crippen molar-refractivity contribution in [3.63, 3.8) is 0 Å². The van der Waals surface area contributed by atoms with E-state index >= 15 is 0 Å². The molecule has 0 amide bonds. The molecule has 23 heavy (non-hydrogen) atoms. The van der Waals surface area contributed by atoms with E-state index in [-0.39, 0.29) is 0 Å². The van der Waals surface area contributed by atoms with Crippen molar-refractivity contribution in [2.24, 2.45) is 0 Å². The molecule has 0 atom stereocenters. The number of rotatable bonds is 3. The first-order valence-corrected chi connectivity index (χ1v) is 16.5. The molecule has 2 fully saturated rings. The Hall–Kier alpha value is 0.0187. The first kappa shape index (κ1) is 19.3. The molecule has 3 heteroatoms. The van der Waals surface area contributed by atoms with Gasteiger partial charge in [0.2, 0.25) is 0 Å². The average Bonchev–Trinajstić information content (AvgIpc) is 2.35. The van der Waals surface area contributed by atoms with Crippen LogP contribution < -0.4 is 0 Å². The molecule has 2 heterocycles. The monoisotopic (exact) mass is 346 g/mol. The highest BCUT2D eigenvalue weighted by atomic mass is 28.3. The summed E-state index contributed by atoms with van der Waals surface area (Å²) in [6.45, 7) is 20.8. The lowest BCUT2D eigenvalue weighted by Crippen LogP contribution is -2.44. The minimum absolute atomic E-state index is 0.424. The summed E-state index contributed by atoms with van der Waals surface area (Å²) in [5.74, 6) is 1.95. The second-order valence-corrected chi connectivity index (χ2v) is 21.1. The van der Waals surface area contributed by atoms with Crippen molar-refractivity contribution in [3.05, 3.63) is 16.5 Å². The second-order valence-electron chi connectivity index (χ2n) is 10.8. The number of fused-ring (bicyclic) bond motifs is 2. The van der Waals surface area contributed by atoms with Crippen molar-refractivity contribution in [1.29, 1.82) is 0 Å². The quantitative estimate of drug-likeness (QED) is 0.376. The van der Waals surface area contributed by atoms with Crippen LogP contribution in [-0.4, -0.2) is 22.9 Å². The Kier molecular flexibility index (Phi) is 5.66. The first-order chi connectivity index (χ1) is 10.4. The van der Waals surface area contributed by atoms with E-state index in [2.05, 4.69) is 64.9 Å². The maximum Gasteiger partial charge on any atom is 0.181 e. The highest BCUT2D eigenvalue weighted by Crippen LogP contribution is 2.50. The van der Waals surface area contributed by atoms with Crippen LogP contribution in [0.3, 0.4) is 0 Å². The fraction of sp³-hybridized carbons (Fsp3) is 0.850. The predicted octanol–water partition coefficient (Wildman–Crippen LogP) is 7.14. The maximum absolute atomic E-state index is 4.02. The molecule has 130 valence electrons. The minimum atomic E-state index is -1.38. The summed E-state index contributed by atoms with van der Waals surface area (Å²) in [6.07, 6.45) is 8.90. The molecule has 0 aromatic carbocycles. The van der Waals surface area contributed by atoms with Crippen LogP contribution in [0.15, 0.2) is 16.5 Å². The van der Waals surface area contributed by atoms with Gasteiger partial charge in [-0.1, -0.05) is 114 Å². The molecule has 0 saturated carbocycles. The first-order valence-electron chi connectivity index (χ1n) is 9.92. The normalized spacial score (nSPS) is 25.8. The van der Waals surface area contributed by atoms with Gasteiger partial charge in [0.15, 0.2) is 6.71 Å². The average molecular weight is 347 g/mol. The summed E-state index contributed by atoms with van der Waals surface area (Å²) in [4.78, 5) is 0. The van der Waals surface area contributed by atoms with Gasteiger partial charge in [0.1, 0.15) is 0 Å². The van der Waals surface area contributed by atoms with Crippen molar-refractivity contribution in [2.75, 3.05) is 0 Å². The molecule has 2 saturated heterocycles. The Morgan fingerprint density at radius 2 is 1.35 bits per heavy atom. The van der Waals surface area contributed by atoms with Crippen molar-refractivity contribution in [1.82, 2.24) is 0 Å². The van der Waals surface area contributed by atoms with Crippen molar-refractivity contribution in [3.8, 4) is 0 Å². The lowest BCUT2D eigenvalue weighted by molar-refractivity contribution is 0.446. The van der Waals surface area contributed by atoms with Gasteiger partial charge in [-0.2, -0.15) is 0 Å². The van der Waals surface area contributed by atoms with Gasteiger partial charge < -0.3 is 0 Å². The van der Waals surface area contributed by atoms with E-state index in [9.17, 15) is 0 Å². The molecule has 0 spiro atoms. The third-order valence-electron chi connectivity index (χ3n) is 6.98. The predicted molar refractivity (Wildman–Crippen MR) is 113 cm³/mol. The molecule has 0 aromatic heterocycles. The van der Waals surface area contributed by atoms with Crippen LogP contribution in [0.25, 0.3) is 0 Å². The van der Waals surface area contributed by atoms with Crippen LogP contribution in [0.4, 0.5) is 0 Å². The summed E-state index contributed by atoms with van der Waals surface area (Å²) >= 11 is 0. The molecule has 2 aliphatic heterocycles. The van der Waals surface area contributed by atoms with E-state index in [4.69, 9.17) is 0 Å². The van der Waals surface area contributed by atoms with Crippen LogP contribution in [-0.2, 0) is 0 Å². The van der Waals surface area contributed by atoms with E-state index < -0.39 is 16.1 Å². The standard InChI is InChI=1S/C20H39BSi2/c1-20(2,3)23(7,8)16-15-19(22(4,5)6)21-17-11-9-12-18(21)14-10-13-17/h16-18H,9-14H2,1-8H3. The van der Waals surface area contributed by atoms with Crippen molar-refractivity contribution < 1.29 is 0 Å². The SMILES string of the molecule is CC(C)(C)[Si](C)(C)C=C=C(B1C2CCCC1CCC2)[Si](C)(C)C. The van der Waals surface area contributed by atoms with Crippen LogP contribution >= 0.6 is 0 Å². The summed E-state index contributed by atoms with van der Waals surface area (Å²) in [5, 5.41) is 2.21. The zero-order valence-electron chi connectivity index (χ0n) is 17.1. The van der Waals surface area contributed by atoms with E-state index in [1.54, 1.807) is 5.10 Å². The number of hydrogen-bond acceptors (Lipinski definition) is 0.